The van der Waals surface area contributed by atoms with E-state index in [0.717, 1.165) is 10.9 Å². The molecule has 1 aromatic carbocycles. The van der Waals surface area contributed by atoms with Crippen LogP contribution in [0, 0.1) is 39.7 Å². The Labute approximate surface area is 153 Å². The summed E-state index contributed by atoms with van der Waals surface area (Å²) in [7, 11) is 0. The number of nitrogens with one attached hydrogen (secondary N) is 1. The summed E-state index contributed by atoms with van der Waals surface area (Å²) in [4.78, 5) is 17.5. The van der Waals surface area contributed by atoms with Crippen molar-refractivity contribution in [3.05, 3.63) is 51.0 Å². The molecule has 2 aromatic heterocycles. The standard InChI is InChI=1S/C15H7F3N8O2/c1-7-13(14-21-9(5-19)10(6-20)22-14)24-25(23-7)11-3-2-8(15(16,17)18)4-12(11)26(27)28/h2-4H,1H3,(H,21,22). The summed E-state index contributed by atoms with van der Waals surface area (Å²) >= 11 is 0. The number of nitro benzene ring substituents is 1. The average Bonchev–Trinajstić information content (AvgIpc) is 3.23. The van der Waals surface area contributed by atoms with Crippen LogP contribution in [0.2, 0.25) is 0 Å². The number of nitrogens with zero attached hydrogens (tertiary/aromatic N) is 7. The fourth-order valence-corrected chi connectivity index (χ4v) is 2.37. The third-order valence-corrected chi connectivity index (χ3v) is 3.64. The number of hydrogen-bond donors (Lipinski definition) is 1. The number of rotatable bonds is 3. The van der Waals surface area contributed by atoms with E-state index in [4.69, 9.17) is 10.5 Å². The number of H-pyrrole nitrogens is 1. The monoisotopic (exact) mass is 388 g/mol. The van der Waals surface area contributed by atoms with Gasteiger partial charge in [-0.3, -0.25) is 10.1 Å². The maximum atomic E-state index is 12.8. The Morgan fingerprint density at radius 1 is 1.25 bits per heavy atom. The Hall–Kier alpha value is -4.26. The van der Waals surface area contributed by atoms with Crippen LogP contribution >= 0.6 is 0 Å². The molecule has 10 nitrogen and oxygen atoms in total. The number of hydrogen-bond acceptors (Lipinski definition) is 7. The molecule has 0 aliphatic rings. The molecule has 3 rings (SSSR count). The molecule has 0 fully saturated rings. The van der Waals surface area contributed by atoms with Crippen LogP contribution in [0.1, 0.15) is 22.6 Å². The zero-order valence-electron chi connectivity index (χ0n) is 13.8. The van der Waals surface area contributed by atoms with Crippen LogP contribution in [0.15, 0.2) is 18.2 Å². The highest BCUT2D eigenvalue weighted by Gasteiger charge is 2.33. The predicted octanol–water partition coefficient (Wildman–Crippen LogP) is 2.64. The highest BCUT2D eigenvalue weighted by Crippen LogP contribution is 2.34. The molecule has 0 saturated heterocycles. The van der Waals surface area contributed by atoms with E-state index < -0.39 is 22.4 Å². The second-order valence-corrected chi connectivity index (χ2v) is 5.41. The van der Waals surface area contributed by atoms with E-state index in [9.17, 15) is 23.3 Å². The summed E-state index contributed by atoms with van der Waals surface area (Å²) in [5, 5.41) is 37.2. The van der Waals surface area contributed by atoms with E-state index in [-0.39, 0.29) is 34.3 Å². The molecule has 0 atom stereocenters. The number of benzene rings is 1. The first kappa shape index (κ1) is 18.5. The lowest BCUT2D eigenvalue weighted by molar-refractivity contribution is -0.384. The lowest BCUT2D eigenvalue weighted by atomic mass is 10.1. The van der Waals surface area contributed by atoms with E-state index in [2.05, 4.69) is 20.2 Å². The molecule has 0 amide bonds. The number of nitro groups is 1. The Bertz CT molecular complexity index is 1150. The van der Waals surface area contributed by atoms with Gasteiger partial charge in [0.05, 0.1) is 16.2 Å². The first-order chi connectivity index (χ1) is 13.2. The number of imidazole rings is 1. The molecule has 140 valence electrons. The Morgan fingerprint density at radius 2 is 1.96 bits per heavy atom. The maximum Gasteiger partial charge on any atom is 0.416 e. The SMILES string of the molecule is Cc1nn(-c2ccc(C(F)(F)F)cc2[N+](=O)[O-])nc1-c1nc(C#N)c(C#N)[nH]1. The van der Waals surface area contributed by atoms with Crippen LogP contribution in [0.3, 0.4) is 0 Å². The van der Waals surface area contributed by atoms with Gasteiger partial charge in [-0.1, -0.05) is 0 Å². The van der Waals surface area contributed by atoms with Gasteiger partial charge < -0.3 is 4.98 Å². The highest BCUT2D eigenvalue weighted by atomic mass is 19.4. The van der Waals surface area contributed by atoms with E-state index in [1.165, 1.54) is 6.92 Å². The number of aromatic amines is 1. The van der Waals surface area contributed by atoms with Crippen molar-refractivity contribution in [2.45, 2.75) is 13.1 Å². The van der Waals surface area contributed by atoms with Crippen LogP contribution in [0.25, 0.3) is 17.2 Å². The van der Waals surface area contributed by atoms with Crippen LogP contribution < -0.4 is 0 Å². The largest absolute Gasteiger partial charge is 0.416 e. The number of aromatic nitrogens is 5. The van der Waals surface area contributed by atoms with Gasteiger partial charge in [-0.15, -0.1) is 9.90 Å². The molecular weight excluding hydrogens is 381 g/mol. The van der Waals surface area contributed by atoms with E-state index >= 15 is 0 Å². The second-order valence-electron chi connectivity index (χ2n) is 5.41. The van der Waals surface area contributed by atoms with Crippen LogP contribution in [-0.4, -0.2) is 29.9 Å². The molecule has 1 N–H and O–H groups in total. The van der Waals surface area contributed by atoms with Gasteiger partial charge in [0.25, 0.3) is 5.69 Å². The van der Waals surface area contributed by atoms with Crippen molar-refractivity contribution in [2.24, 2.45) is 0 Å². The summed E-state index contributed by atoms with van der Waals surface area (Å²) in [6, 6.07) is 5.42. The second kappa shape index (κ2) is 6.48. The van der Waals surface area contributed by atoms with Crippen LogP contribution in [0.4, 0.5) is 18.9 Å². The maximum absolute atomic E-state index is 12.8. The number of aryl methyl sites for hydroxylation is 1. The zero-order valence-corrected chi connectivity index (χ0v) is 13.8. The predicted molar refractivity (Wildman–Crippen MR) is 84.8 cm³/mol. The lowest BCUT2D eigenvalue weighted by Gasteiger charge is -2.08. The third-order valence-electron chi connectivity index (χ3n) is 3.64. The molecule has 0 spiro atoms. The first-order valence-corrected chi connectivity index (χ1v) is 7.36. The van der Waals surface area contributed by atoms with E-state index in [0.29, 0.717) is 12.1 Å². The van der Waals surface area contributed by atoms with Crippen LogP contribution in [-0.2, 0) is 6.18 Å². The van der Waals surface area contributed by atoms with Crippen molar-refractivity contribution >= 4 is 5.69 Å². The zero-order chi connectivity index (χ0) is 20.6. The quantitative estimate of drug-likeness (QED) is 0.535. The minimum Gasteiger partial charge on any atom is -0.327 e. The van der Waals surface area contributed by atoms with E-state index in [1.807, 2.05) is 0 Å². The van der Waals surface area contributed by atoms with Crippen LogP contribution in [0.5, 0.6) is 0 Å². The summed E-state index contributed by atoms with van der Waals surface area (Å²) in [6.45, 7) is 1.48. The molecule has 0 unspecified atom stereocenters. The average molecular weight is 388 g/mol. The van der Waals surface area contributed by atoms with Gasteiger partial charge in [0, 0.05) is 6.07 Å². The fraction of sp³-hybridized carbons (Fsp3) is 0.133. The Morgan fingerprint density at radius 3 is 2.50 bits per heavy atom. The van der Waals surface area contributed by atoms with Gasteiger partial charge in [-0.25, -0.2) is 4.98 Å². The van der Waals surface area contributed by atoms with Crippen molar-refractivity contribution in [2.75, 3.05) is 0 Å². The number of alkyl halides is 3. The summed E-state index contributed by atoms with van der Waals surface area (Å²) in [5.74, 6) is 0.0198. The molecule has 2 heterocycles. The highest BCUT2D eigenvalue weighted by molar-refractivity contribution is 5.58. The van der Waals surface area contributed by atoms with Crippen molar-refractivity contribution in [3.8, 4) is 29.3 Å². The smallest absolute Gasteiger partial charge is 0.327 e. The summed E-state index contributed by atoms with van der Waals surface area (Å²) in [6.07, 6.45) is -4.75. The van der Waals surface area contributed by atoms with Gasteiger partial charge in [-0.05, 0) is 19.1 Å². The van der Waals surface area contributed by atoms with Gasteiger partial charge >= 0.3 is 6.18 Å². The fourth-order valence-electron chi connectivity index (χ4n) is 2.37. The molecule has 0 aliphatic heterocycles. The normalized spacial score (nSPS) is 11.1. The van der Waals surface area contributed by atoms with Crippen molar-refractivity contribution in [1.82, 2.24) is 25.0 Å². The van der Waals surface area contributed by atoms with Crippen molar-refractivity contribution < 1.29 is 18.1 Å². The summed E-state index contributed by atoms with van der Waals surface area (Å²) < 4.78 is 38.5. The van der Waals surface area contributed by atoms with E-state index in [1.54, 1.807) is 12.1 Å². The number of halogens is 3. The molecule has 0 bridgehead atoms. The molecule has 0 saturated carbocycles. The molecule has 13 heteroatoms. The van der Waals surface area contributed by atoms with Gasteiger partial charge in [0.15, 0.2) is 28.6 Å². The van der Waals surface area contributed by atoms with Gasteiger partial charge in [-0.2, -0.15) is 28.8 Å². The van der Waals surface area contributed by atoms with Crippen molar-refractivity contribution in [3.63, 3.8) is 0 Å². The minimum absolute atomic E-state index is 0.0198. The Kier molecular flexibility index (Phi) is 4.29. The minimum atomic E-state index is -4.75. The molecule has 0 radical (unpaired) electrons. The van der Waals surface area contributed by atoms with Crippen molar-refractivity contribution in [1.29, 1.82) is 10.5 Å². The molecule has 28 heavy (non-hydrogen) atoms. The first-order valence-electron chi connectivity index (χ1n) is 7.36. The molecular formula is C15H7F3N8O2. The van der Waals surface area contributed by atoms with Gasteiger partial charge in [0.2, 0.25) is 0 Å². The van der Waals surface area contributed by atoms with Gasteiger partial charge in [0.1, 0.15) is 12.1 Å². The molecule has 0 aliphatic carbocycles. The molecule has 3 aromatic rings. The lowest BCUT2D eigenvalue weighted by Crippen LogP contribution is -2.09. The topological polar surface area (TPSA) is 150 Å². The third kappa shape index (κ3) is 3.12. The number of nitriles is 2. The summed E-state index contributed by atoms with van der Waals surface area (Å²) in [5.41, 5.74) is -2.30. The Balaban J connectivity index is 2.14.